The molecule has 1 heterocycles. The number of hydrogen-bond acceptors (Lipinski definition) is 2. The van der Waals surface area contributed by atoms with Gasteiger partial charge in [-0.1, -0.05) is 12.1 Å². The molecule has 0 aliphatic rings. The lowest BCUT2D eigenvalue weighted by Gasteiger charge is -2.26. The van der Waals surface area contributed by atoms with Crippen molar-refractivity contribution in [2.75, 3.05) is 0 Å². The number of thiophene rings is 1. The van der Waals surface area contributed by atoms with E-state index in [4.69, 9.17) is 5.73 Å². The molecular weight excluding hydrogens is 233 g/mol. The van der Waals surface area contributed by atoms with Crippen LogP contribution < -0.4 is 5.73 Å². The number of halogens is 1. The van der Waals surface area contributed by atoms with Crippen LogP contribution in [-0.4, -0.2) is 0 Å². The van der Waals surface area contributed by atoms with Crippen LogP contribution in [0.25, 0.3) is 0 Å². The first-order valence-corrected chi connectivity index (χ1v) is 6.41. The maximum atomic E-state index is 13.6. The minimum Gasteiger partial charge on any atom is -0.318 e. The second-order valence-corrected chi connectivity index (χ2v) is 5.68. The van der Waals surface area contributed by atoms with Crippen LogP contribution in [0.3, 0.4) is 0 Å². The molecule has 2 N–H and O–H groups in total. The van der Waals surface area contributed by atoms with Gasteiger partial charge in [-0.15, -0.1) is 11.3 Å². The quantitative estimate of drug-likeness (QED) is 0.862. The maximum Gasteiger partial charge on any atom is 0.126 e. The summed E-state index contributed by atoms with van der Waals surface area (Å²) in [6.07, 6.45) is 0. The zero-order valence-corrected chi connectivity index (χ0v) is 11.1. The molecule has 0 aliphatic heterocycles. The molecule has 1 aromatic carbocycles. The largest absolute Gasteiger partial charge is 0.318 e. The molecule has 0 fully saturated rings. The highest BCUT2D eigenvalue weighted by Crippen LogP contribution is 2.32. The van der Waals surface area contributed by atoms with E-state index in [9.17, 15) is 4.39 Å². The molecule has 0 radical (unpaired) electrons. The molecule has 2 aromatic rings. The van der Waals surface area contributed by atoms with Gasteiger partial charge >= 0.3 is 0 Å². The van der Waals surface area contributed by atoms with Gasteiger partial charge in [0.05, 0.1) is 5.54 Å². The Hall–Kier alpha value is -1.19. The summed E-state index contributed by atoms with van der Waals surface area (Å²) in [4.78, 5) is 1.18. The second kappa shape index (κ2) is 4.24. The summed E-state index contributed by atoms with van der Waals surface area (Å²) in [5.41, 5.74) is 8.24. The fourth-order valence-corrected chi connectivity index (χ4v) is 2.81. The number of nitrogens with two attached hydrogens (primary N) is 1. The van der Waals surface area contributed by atoms with Gasteiger partial charge in [-0.05, 0) is 55.0 Å². The van der Waals surface area contributed by atoms with Crippen molar-refractivity contribution in [3.05, 3.63) is 57.0 Å². The number of hydrogen-bond donors (Lipinski definition) is 1. The minimum atomic E-state index is -0.640. The highest BCUT2D eigenvalue weighted by atomic mass is 32.1. The first-order valence-electron chi connectivity index (χ1n) is 5.53. The Morgan fingerprint density at radius 2 is 1.94 bits per heavy atom. The standard InChI is InChI=1S/C14H16FNS/c1-9-4-5-11(8-13(9)15)14(3,16)12-6-7-17-10(12)2/h4-8H,16H2,1-3H3. The first kappa shape index (κ1) is 12.3. The lowest BCUT2D eigenvalue weighted by molar-refractivity contribution is 0.577. The van der Waals surface area contributed by atoms with Crippen molar-refractivity contribution < 1.29 is 4.39 Å². The van der Waals surface area contributed by atoms with Crippen molar-refractivity contribution in [3.63, 3.8) is 0 Å². The van der Waals surface area contributed by atoms with Crippen LogP contribution >= 0.6 is 11.3 Å². The van der Waals surface area contributed by atoms with E-state index < -0.39 is 5.54 Å². The zero-order valence-electron chi connectivity index (χ0n) is 10.3. The van der Waals surface area contributed by atoms with E-state index >= 15 is 0 Å². The molecule has 0 spiro atoms. The lowest BCUT2D eigenvalue weighted by Crippen LogP contribution is -2.34. The molecule has 0 amide bonds. The molecule has 1 atom stereocenters. The van der Waals surface area contributed by atoms with Crippen LogP contribution in [0.1, 0.15) is 28.5 Å². The number of aryl methyl sites for hydroxylation is 2. The predicted octanol–water partition coefficient (Wildman–Crippen LogP) is 3.73. The highest BCUT2D eigenvalue weighted by Gasteiger charge is 2.26. The summed E-state index contributed by atoms with van der Waals surface area (Å²) in [6.45, 7) is 5.71. The molecule has 2 rings (SSSR count). The Kier molecular flexibility index (Phi) is 3.06. The van der Waals surface area contributed by atoms with E-state index in [1.165, 1.54) is 10.9 Å². The molecule has 0 saturated carbocycles. The Bertz CT molecular complexity index is 543. The molecular formula is C14H16FNS. The Morgan fingerprint density at radius 3 is 2.47 bits per heavy atom. The molecule has 0 saturated heterocycles. The molecule has 90 valence electrons. The normalized spacial score (nSPS) is 14.6. The van der Waals surface area contributed by atoms with Crippen LogP contribution in [0.5, 0.6) is 0 Å². The monoisotopic (exact) mass is 249 g/mol. The maximum absolute atomic E-state index is 13.6. The zero-order chi connectivity index (χ0) is 12.6. The van der Waals surface area contributed by atoms with Crippen molar-refractivity contribution >= 4 is 11.3 Å². The molecule has 3 heteroatoms. The van der Waals surface area contributed by atoms with Crippen molar-refractivity contribution in [1.82, 2.24) is 0 Å². The van der Waals surface area contributed by atoms with Gasteiger partial charge in [0.1, 0.15) is 5.82 Å². The van der Waals surface area contributed by atoms with E-state index in [1.54, 1.807) is 24.3 Å². The third kappa shape index (κ3) is 2.13. The van der Waals surface area contributed by atoms with E-state index in [2.05, 4.69) is 0 Å². The summed E-state index contributed by atoms with van der Waals surface area (Å²) in [5.74, 6) is -0.202. The van der Waals surface area contributed by atoms with Crippen molar-refractivity contribution in [1.29, 1.82) is 0 Å². The van der Waals surface area contributed by atoms with E-state index in [0.29, 0.717) is 5.56 Å². The fourth-order valence-electron chi connectivity index (χ4n) is 2.00. The van der Waals surface area contributed by atoms with Gasteiger partial charge in [-0.2, -0.15) is 0 Å². The van der Waals surface area contributed by atoms with Gasteiger partial charge in [-0.25, -0.2) is 4.39 Å². The average molecular weight is 249 g/mol. The third-order valence-corrected chi connectivity index (χ3v) is 4.04. The van der Waals surface area contributed by atoms with Crippen LogP contribution in [0, 0.1) is 19.7 Å². The molecule has 1 nitrogen and oxygen atoms in total. The van der Waals surface area contributed by atoms with Gasteiger partial charge in [0.25, 0.3) is 0 Å². The fraction of sp³-hybridized carbons (Fsp3) is 0.286. The lowest BCUT2D eigenvalue weighted by atomic mass is 9.85. The Balaban J connectivity index is 2.51. The van der Waals surface area contributed by atoms with Crippen molar-refractivity contribution in [2.45, 2.75) is 26.3 Å². The molecule has 0 bridgehead atoms. The van der Waals surface area contributed by atoms with Gasteiger partial charge in [-0.3, -0.25) is 0 Å². The van der Waals surface area contributed by atoms with E-state index in [0.717, 1.165) is 11.1 Å². The predicted molar refractivity (Wildman–Crippen MR) is 70.8 cm³/mol. The van der Waals surface area contributed by atoms with Crippen LogP contribution in [0.15, 0.2) is 29.6 Å². The topological polar surface area (TPSA) is 26.0 Å². The van der Waals surface area contributed by atoms with Gasteiger partial charge in [0.2, 0.25) is 0 Å². The molecule has 1 unspecified atom stereocenters. The summed E-state index contributed by atoms with van der Waals surface area (Å²) in [7, 11) is 0. The van der Waals surface area contributed by atoms with Gasteiger partial charge < -0.3 is 5.73 Å². The molecule has 17 heavy (non-hydrogen) atoms. The van der Waals surface area contributed by atoms with E-state index in [1.807, 2.05) is 31.4 Å². The SMILES string of the molecule is Cc1ccc(C(C)(N)c2ccsc2C)cc1F. The summed E-state index contributed by atoms with van der Waals surface area (Å²) in [6, 6.07) is 7.22. The average Bonchev–Trinajstić information content (AvgIpc) is 2.69. The number of rotatable bonds is 2. The van der Waals surface area contributed by atoms with Crippen LogP contribution in [0.2, 0.25) is 0 Å². The summed E-state index contributed by atoms with van der Waals surface area (Å²) in [5, 5.41) is 2.01. The first-order chi connectivity index (χ1) is 7.93. The smallest absolute Gasteiger partial charge is 0.126 e. The minimum absolute atomic E-state index is 0.202. The van der Waals surface area contributed by atoms with Crippen molar-refractivity contribution in [2.24, 2.45) is 5.73 Å². The van der Waals surface area contributed by atoms with Crippen LogP contribution in [-0.2, 0) is 5.54 Å². The third-order valence-electron chi connectivity index (χ3n) is 3.19. The Morgan fingerprint density at radius 1 is 1.24 bits per heavy atom. The van der Waals surface area contributed by atoms with E-state index in [-0.39, 0.29) is 5.82 Å². The van der Waals surface area contributed by atoms with Crippen LogP contribution in [0.4, 0.5) is 4.39 Å². The van der Waals surface area contributed by atoms with Gasteiger partial charge in [0.15, 0.2) is 0 Å². The summed E-state index contributed by atoms with van der Waals surface area (Å²) >= 11 is 1.66. The number of benzene rings is 1. The summed E-state index contributed by atoms with van der Waals surface area (Å²) < 4.78 is 13.6. The highest BCUT2D eigenvalue weighted by molar-refractivity contribution is 7.10. The molecule has 1 aromatic heterocycles. The van der Waals surface area contributed by atoms with Gasteiger partial charge in [0, 0.05) is 4.88 Å². The molecule has 0 aliphatic carbocycles. The Labute approximate surface area is 105 Å². The second-order valence-electron chi connectivity index (χ2n) is 4.56. The van der Waals surface area contributed by atoms with Crippen molar-refractivity contribution in [3.8, 4) is 0 Å².